The lowest BCUT2D eigenvalue weighted by Gasteiger charge is -2.21. The Kier molecular flexibility index (Phi) is 5.93. The third kappa shape index (κ3) is 4.66. The van der Waals surface area contributed by atoms with Crippen LogP contribution in [0.25, 0.3) is 0 Å². The van der Waals surface area contributed by atoms with E-state index in [0.29, 0.717) is 12.1 Å². The molecule has 0 aromatic heterocycles. The molecular weight excluding hydrogens is 240 g/mol. The topological polar surface area (TPSA) is 52.6 Å². The van der Waals surface area contributed by atoms with Gasteiger partial charge in [-0.15, -0.1) is 0 Å². The molecular formula is C15H22N2O2. The molecule has 0 aliphatic carbocycles. The van der Waals surface area contributed by atoms with E-state index in [0.717, 1.165) is 18.8 Å². The number of rotatable bonds is 7. The summed E-state index contributed by atoms with van der Waals surface area (Å²) in [6.45, 7) is 8.36. The third-order valence-electron chi connectivity index (χ3n) is 3.05. The summed E-state index contributed by atoms with van der Waals surface area (Å²) in [5.74, 6) is -0.876. The van der Waals surface area contributed by atoms with Crippen molar-refractivity contribution in [2.24, 2.45) is 0 Å². The number of carboxylic acid groups (broad SMARTS) is 1. The maximum absolute atomic E-state index is 10.6. The zero-order valence-corrected chi connectivity index (χ0v) is 11.8. The van der Waals surface area contributed by atoms with Gasteiger partial charge in [-0.3, -0.25) is 0 Å². The Balaban J connectivity index is 2.58. The molecule has 2 N–H and O–H groups in total. The van der Waals surface area contributed by atoms with E-state index in [4.69, 9.17) is 5.11 Å². The molecule has 1 aromatic carbocycles. The number of hydrogen-bond donors (Lipinski definition) is 2. The second kappa shape index (κ2) is 7.46. The number of benzene rings is 1. The highest BCUT2D eigenvalue weighted by Gasteiger charge is 2.01. The highest BCUT2D eigenvalue weighted by molar-refractivity contribution is 5.85. The van der Waals surface area contributed by atoms with Crippen molar-refractivity contribution >= 4 is 17.3 Å². The van der Waals surface area contributed by atoms with Gasteiger partial charge in [0.15, 0.2) is 0 Å². The highest BCUT2D eigenvalue weighted by Crippen LogP contribution is 2.17. The summed E-state index contributed by atoms with van der Waals surface area (Å²) in [4.78, 5) is 12.9. The average molecular weight is 262 g/mol. The first-order chi connectivity index (χ1) is 9.08. The number of carbonyl (C=O) groups is 1. The van der Waals surface area contributed by atoms with Gasteiger partial charge in [0.2, 0.25) is 0 Å². The number of nitrogens with one attached hydrogen (secondary N) is 1. The van der Waals surface area contributed by atoms with Crippen LogP contribution in [-0.2, 0) is 4.79 Å². The minimum Gasteiger partial charge on any atom is -0.478 e. The Labute approximate surface area is 114 Å². The van der Waals surface area contributed by atoms with Gasteiger partial charge < -0.3 is 15.3 Å². The van der Waals surface area contributed by atoms with Crippen molar-refractivity contribution in [2.75, 3.05) is 29.9 Å². The van der Waals surface area contributed by atoms with Crippen LogP contribution >= 0.6 is 0 Å². The van der Waals surface area contributed by atoms with Gasteiger partial charge in [0.05, 0.1) is 0 Å². The quantitative estimate of drug-likeness (QED) is 0.742. The van der Waals surface area contributed by atoms with Gasteiger partial charge in [-0.25, -0.2) is 4.79 Å². The second-order valence-electron chi connectivity index (χ2n) is 4.29. The predicted octanol–water partition coefficient (Wildman–Crippen LogP) is 2.98. The minimum absolute atomic E-state index is 0.354. The lowest BCUT2D eigenvalue weighted by Crippen LogP contribution is -2.21. The fraction of sp³-hybridized carbons (Fsp3) is 0.400. The van der Waals surface area contributed by atoms with E-state index < -0.39 is 5.97 Å². The first-order valence-corrected chi connectivity index (χ1v) is 6.57. The molecule has 0 spiro atoms. The van der Waals surface area contributed by atoms with Crippen molar-refractivity contribution in [3.63, 3.8) is 0 Å². The molecule has 0 saturated heterocycles. The second-order valence-corrected chi connectivity index (χ2v) is 4.29. The Morgan fingerprint density at radius 3 is 2.32 bits per heavy atom. The molecule has 0 aliphatic heterocycles. The summed E-state index contributed by atoms with van der Waals surface area (Å²) in [6.07, 6.45) is 1.67. The molecule has 4 heteroatoms. The normalized spacial score (nSPS) is 11.2. The van der Waals surface area contributed by atoms with Crippen LogP contribution in [0, 0.1) is 0 Å². The lowest BCUT2D eigenvalue weighted by molar-refractivity contribution is -0.132. The molecule has 4 nitrogen and oxygen atoms in total. The zero-order chi connectivity index (χ0) is 14.3. The van der Waals surface area contributed by atoms with E-state index in [9.17, 15) is 4.79 Å². The van der Waals surface area contributed by atoms with Gasteiger partial charge in [-0.05, 0) is 45.0 Å². The predicted molar refractivity (Wildman–Crippen MR) is 79.9 cm³/mol. The molecule has 0 heterocycles. The van der Waals surface area contributed by atoms with Crippen LogP contribution in [-0.4, -0.2) is 30.7 Å². The molecule has 19 heavy (non-hydrogen) atoms. The Morgan fingerprint density at radius 1 is 1.26 bits per heavy atom. The zero-order valence-electron chi connectivity index (χ0n) is 11.8. The van der Waals surface area contributed by atoms with Crippen molar-refractivity contribution in [1.29, 1.82) is 0 Å². The average Bonchev–Trinajstić information content (AvgIpc) is 2.41. The van der Waals surface area contributed by atoms with Crippen LogP contribution in [0.4, 0.5) is 11.4 Å². The SMILES string of the molecule is CCN(CC)c1ccc(NC/C=C(/C)C(=O)O)cc1. The smallest absolute Gasteiger partial charge is 0.331 e. The van der Waals surface area contributed by atoms with E-state index in [1.807, 2.05) is 12.1 Å². The van der Waals surface area contributed by atoms with Crippen molar-refractivity contribution in [2.45, 2.75) is 20.8 Å². The van der Waals surface area contributed by atoms with E-state index >= 15 is 0 Å². The summed E-state index contributed by atoms with van der Waals surface area (Å²) in [6, 6.07) is 8.17. The largest absolute Gasteiger partial charge is 0.478 e. The van der Waals surface area contributed by atoms with Crippen LogP contribution in [0.2, 0.25) is 0 Å². The Morgan fingerprint density at radius 2 is 1.84 bits per heavy atom. The van der Waals surface area contributed by atoms with Crippen LogP contribution in [0.3, 0.4) is 0 Å². The molecule has 0 bridgehead atoms. The molecule has 0 atom stereocenters. The van der Waals surface area contributed by atoms with Gasteiger partial charge in [-0.1, -0.05) is 6.08 Å². The van der Waals surface area contributed by atoms with Crippen LogP contribution in [0.15, 0.2) is 35.9 Å². The fourth-order valence-corrected chi connectivity index (χ4v) is 1.79. The first kappa shape index (κ1) is 15.1. The van der Waals surface area contributed by atoms with E-state index in [-0.39, 0.29) is 0 Å². The van der Waals surface area contributed by atoms with Crippen LogP contribution in [0.5, 0.6) is 0 Å². The van der Waals surface area contributed by atoms with E-state index in [1.165, 1.54) is 5.69 Å². The monoisotopic (exact) mass is 262 g/mol. The first-order valence-electron chi connectivity index (χ1n) is 6.57. The summed E-state index contributed by atoms with van der Waals surface area (Å²) in [5, 5.41) is 11.9. The molecule has 0 amide bonds. The molecule has 0 unspecified atom stereocenters. The van der Waals surface area contributed by atoms with Gasteiger partial charge in [0.1, 0.15) is 0 Å². The molecule has 0 fully saturated rings. The highest BCUT2D eigenvalue weighted by atomic mass is 16.4. The maximum Gasteiger partial charge on any atom is 0.331 e. The molecule has 104 valence electrons. The lowest BCUT2D eigenvalue weighted by atomic mass is 10.2. The maximum atomic E-state index is 10.6. The fourth-order valence-electron chi connectivity index (χ4n) is 1.79. The van der Waals surface area contributed by atoms with E-state index in [2.05, 4.69) is 36.2 Å². The Bertz CT molecular complexity index is 434. The number of anilines is 2. The summed E-state index contributed by atoms with van der Waals surface area (Å²) in [7, 11) is 0. The molecule has 0 radical (unpaired) electrons. The van der Waals surface area contributed by atoms with Gasteiger partial charge in [0.25, 0.3) is 0 Å². The Hall–Kier alpha value is -1.97. The van der Waals surface area contributed by atoms with Crippen molar-refractivity contribution in [3.05, 3.63) is 35.9 Å². The van der Waals surface area contributed by atoms with Crippen LogP contribution in [0.1, 0.15) is 20.8 Å². The number of aliphatic carboxylic acids is 1. The minimum atomic E-state index is -0.876. The summed E-state index contributed by atoms with van der Waals surface area (Å²) < 4.78 is 0. The number of nitrogens with zero attached hydrogens (tertiary/aromatic N) is 1. The molecule has 0 aliphatic rings. The molecule has 1 rings (SSSR count). The van der Waals surface area contributed by atoms with Gasteiger partial charge in [0, 0.05) is 36.6 Å². The molecule has 0 saturated carbocycles. The van der Waals surface area contributed by atoms with Crippen molar-refractivity contribution < 1.29 is 9.90 Å². The third-order valence-corrected chi connectivity index (χ3v) is 3.05. The van der Waals surface area contributed by atoms with Crippen molar-refractivity contribution in [3.8, 4) is 0 Å². The van der Waals surface area contributed by atoms with E-state index in [1.54, 1.807) is 13.0 Å². The van der Waals surface area contributed by atoms with Gasteiger partial charge >= 0.3 is 5.97 Å². The molecule has 1 aromatic rings. The van der Waals surface area contributed by atoms with Crippen molar-refractivity contribution in [1.82, 2.24) is 0 Å². The number of carboxylic acids is 1. The van der Waals surface area contributed by atoms with Crippen LogP contribution < -0.4 is 10.2 Å². The summed E-state index contributed by atoms with van der Waals surface area (Å²) >= 11 is 0. The number of hydrogen-bond acceptors (Lipinski definition) is 3. The standard InChI is InChI=1S/C15H22N2O2/c1-4-17(5-2)14-8-6-13(7-9-14)16-11-10-12(3)15(18)19/h6-10,16H,4-5,11H2,1-3H3,(H,18,19)/b12-10-. The van der Waals surface area contributed by atoms with Gasteiger partial charge in [-0.2, -0.15) is 0 Å². The summed E-state index contributed by atoms with van der Waals surface area (Å²) in [5.41, 5.74) is 2.55.